The van der Waals surface area contributed by atoms with Crippen LogP contribution in [0.5, 0.6) is 11.5 Å². The highest BCUT2D eigenvalue weighted by Crippen LogP contribution is 2.49. The second-order valence-corrected chi connectivity index (χ2v) is 22.7. The Kier molecular flexibility index (Phi) is 7.78. The molecular weight excluding hydrogens is 1050 g/mol. The topological polar surface area (TPSA) is 40.8 Å². The zero-order chi connectivity index (χ0) is 75.1. The molecule has 0 aliphatic carbocycles. The van der Waals surface area contributed by atoms with Crippen molar-refractivity contribution >= 4 is 54.6 Å². The zero-order valence-electron chi connectivity index (χ0n) is 66.6. The van der Waals surface area contributed by atoms with Gasteiger partial charge in [-0.1, -0.05) is 172 Å². The lowest BCUT2D eigenvalue weighted by atomic mass is 9.86. The van der Waals surface area contributed by atoms with E-state index >= 15 is 0 Å². The van der Waals surface area contributed by atoms with Crippen LogP contribution in [-0.2, 0) is 5.41 Å². The minimum atomic E-state index is -2.99. The molecule has 1 aliphatic rings. The van der Waals surface area contributed by atoms with E-state index in [9.17, 15) is 11.0 Å². The van der Waals surface area contributed by atoms with Gasteiger partial charge < -0.3 is 9.30 Å². The molecule has 0 bridgehead atoms. The Labute approximate surface area is 528 Å². The number of imidazole rings is 1. The summed E-state index contributed by atoms with van der Waals surface area (Å²) in [5, 5.41) is 3.34. The molecule has 1 aliphatic heterocycles. The van der Waals surface area contributed by atoms with E-state index in [1.807, 2.05) is 102 Å². The lowest BCUT2D eigenvalue weighted by Crippen LogP contribution is -2.33. The number of nitrogens with zero attached hydrogens (tertiary/aromatic N) is 5. The Hall–Kier alpha value is -10.6. The first-order valence-corrected chi connectivity index (χ1v) is 28.1. The van der Waals surface area contributed by atoms with E-state index in [0.29, 0.717) is 39.1 Å². The Morgan fingerprint density at radius 2 is 0.988 bits per heavy atom. The smallest absolute Gasteiger partial charge is 0.269 e. The summed E-state index contributed by atoms with van der Waals surface area (Å²) in [4.78, 5) is 4.88. The number of benzene rings is 11. The maximum absolute atomic E-state index is 10.3. The third-order valence-electron chi connectivity index (χ3n) is 16.6. The number of rotatable bonds is 7. The molecule has 15 aromatic rings. The molecule has 6 nitrogen and oxygen atoms in total. The molecule has 0 saturated heterocycles. The third-order valence-corrected chi connectivity index (χ3v) is 16.6. The van der Waals surface area contributed by atoms with E-state index in [0.717, 1.165) is 27.4 Å². The fraction of sp³-hybridized carbons (Fsp3) is 0.100. The molecule has 11 aromatic carbocycles. The van der Waals surface area contributed by atoms with Crippen LogP contribution in [0.25, 0.3) is 133 Å². The van der Waals surface area contributed by atoms with Gasteiger partial charge in [0.05, 0.1) is 61.1 Å². The van der Waals surface area contributed by atoms with Crippen LogP contribution in [-0.4, -0.2) is 18.7 Å². The van der Waals surface area contributed by atoms with Crippen LogP contribution in [0.2, 0.25) is 0 Å². The predicted octanol–water partition coefficient (Wildman–Crippen LogP) is 20.3. The van der Waals surface area contributed by atoms with Crippen molar-refractivity contribution < 1.29 is 36.7 Å². The van der Waals surface area contributed by atoms with Crippen molar-refractivity contribution in [2.24, 2.45) is 0 Å². The van der Waals surface area contributed by atoms with Crippen molar-refractivity contribution in [3.8, 4) is 90.0 Å². The van der Waals surface area contributed by atoms with Crippen LogP contribution in [0.15, 0.2) is 243 Å². The van der Waals surface area contributed by atoms with Crippen molar-refractivity contribution in [1.82, 2.24) is 18.7 Å². The molecule has 412 valence electrons. The standard InChI is InChI=1S/C80H61N5O/c1-49-21-18-22-50(2)76(49)53-41-67-61-29-10-8-27-59(61)60-28-9-11-30-62(60)68-42-54(77-51(3)23-19-24-52(77)4)44-74(84-69-34-15-12-31-63(69)64-32-13-16-35-70(64)84)79(68)83-48-82(73(43-53)78(67)83)56-25-20-26-57(46-56)86-58-37-38-66-65-33-14-17-36-71(65)85(72(66)47-58)75-45-55(39-40-81-75)80(5,6)7/h8-47H,1-7H3/i1D3,2D3,3D3,4D3,8D,9D,10D,11D,27D,28D,29D,30D. The first-order chi connectivity index (χ1) is 50.1. The highest BCUT2D eigenvalue weighted by Gasteiger charge is 2.30. The van der Waals surface area contributed by atoms with E-state index in [1.165, 1.54) is 48.5 Å². The van der Waals surface area contributed by atoms with Gasteiger partial charge in [0.1, 0.15) is 17.3 Å². The number of hydrogen-bond donors (Lipinski definition) is 0. The van der Waals surface area contributed by atoms with Gasteiger partial charge in [-0.05, 0) is 195 Å². The van der Waals surface area contributed by atoms with Gasteiger partial charge in [0, 0.05) is 50.3 Å². The summed E-state index contributed by atoms with van der Waals surface area (Å²) in [6, 6.07) is 47.2. The average molecular weight is 1130 g/mol. The summed E-state index contributed by atoms with van der Waals surface area (Å²) in [6.07, 6.45) is 5.41. The molecular formula is C80H61N5O. The maximum Gasteiger partial charge on any atom is 0.269 e. The van der Waals surface area contributed by atoms with E-state index in [-0.39, 0.29) is 100 Å². The summed E-state index contributed by atoms with van der Waals surface area (Å²) < 4.78 is 201. The molecule has 0 saturated carbocycles. The highest BCUT2D eigenvalue weighted by atomic mass is 16.5. The van der Waals surface area contributed by atoms with E-state index in [4.69, 9.17) is 26.2 Å². The summed E-state index contributed by atoms with van der Waals surface area (Å²) in [7, 11) is 0. The van der Waals surface area contributed by atoms with E-state index in [2.05, 4.69) is 37.7 Å². The Balaban J connectivity index is 1.10. The number of aryl methyl sites for hydroxylation is 4. The number of pyridine rings is 1. The van der Waals surface area contributed by atoms with Gasteiger partial charge >= 0.3 is 0 Å². The molecule has 0 N–H and O–H groups in total. The molecule has 0 amide bonds. The number of hydrogen-bond acceptors (Lipinski definition) is 2. The SMILES string of the molecule is [2H]c1c([2H])c([2H])c2c(c1[2H])-c1cc(-c3c(C([2H])([2H])[2H])cccc3C([2H])([2H])[2H])cc(-n3c4ccccc4c4ccccc43)c1-[n+]1[c-]n(-c3cccc(Oc4ccc5c6ccccc6n(-c6cc(C(C)(C)C)ccn6)c5c4)c3)c3cc(-c4c(C([2H])([2H])[2H])cccc4C([2H])([2H])[2H])cc(c31)-c1c([2H])c([2H])c([2H])c([2H])c1-2. The van der Waals surface area contributed by atoms with Crippen LogP contribution in [0.1, 0.15) is 76.0 Å². The maximum atomic E-state index is 10.3. The number of para-hydroxylation sites is 3. The first-order valence-electron chi connectivity index (χ1n) is 38.1. The zero-order valence-corrected chi connectivity index (χ0v) is 46.6. The normalized spacial score (nSPS) is 16.1. The predicted molar refractivity (Wildman–Crippen MR) is 355 cm³/mol. The Morgan fingerprint density at radius 3 is 1.59 bits per heavy atom. The Morgan fingerprint density at radius 1 is 0.465 bits per heavy atom. The van der Waals surface area contributed by atoms with Crippen molar-refractivity contribution in [2.45, 2.75) is 53.6 Å². The van der Waals surface area contributed by atoms with Crippen LogP contribution in [0.3, 0.4) is 0 Å². The van der Waals surface area contributed by atoms with Gasteiger partial charge in [0.2, 0.25) is 0 Å². The largest absolute Gasteiger partial charge is 0.458 e. The second-order valence-electron chi connectivity index (χ2n) is 22.7. The molecule has 0 atom stereocenters. The van der Waals surface area contributed by atoms with Gasteiger partial charge in [0.15, 0.2) is 0 Å². The average Bonchev–Trinajstić information content (AvgIpc) is 1.31. The Bertz CT molecular complexity index is 6170. The summed E-state index contributed by atoms with van der Waals surface area (Å²) in [5.41, 5.74) is 0.173. The van der Waals surface area contributed by atoms with E-state index < -0.39 is 86.9 Å². The molecule has 6 heteroatoms. The molecule has 4 aromatic heterocycles. The minimum absolute atomic E-state index is 0.0221. The van der Waals surface area contributed by atoms with E-state index in [1.54, 1.807) is 51.7 Å². The second kappa shape index (κ2) is 19.5. The molecule has 0 radical (unpaired) electrons. The number of aromatic nitrogens is 5. The molecule has 86 heavy (non-hydrogen) atoms. The quantitative estimate of drug-likeness (QED) is 0.118. The van der Waals surface area contributed by atoms with Crippen molar-refractivity contribution in [1.29, 1.82) is 0 Å². The van der Waals surface area contributed by atoms with Crippen LogP contribution in [0, 0.1) is 33.7 Å². The lowest BCUT2D eigenvalue weighted by Gasteiger charge is -2.23. The molecule has 0 fully saturated rings. The molecule has 5 heterocycles. The van der Waals surface area contributed by atoms with Gasteiger partial charge in [0.25, 0.3) is 6.33 Å². The minimum Gasteiger partial charge on any atom is -0.458 e. The summed E-state index contributed by atoms with van der Waals surface area (Å²) in [6.45, 7) is -5.56. The number of ether oxygens (including phenoxy) is 1. The van der Waals surface area contributed by atoms with Crippen LogP contribution < -0.4 is 9.30 Å². The fourth-order valence-electron chi connectivity index (χ4n) is 12.7. The number of fused-ring (bicyclic) bond motifs is 13. The third kappa shape index (κ3) is 8.00. The van der Waals surface area contributed by atoms with Crippen molar-refractivity contribution in [3.05, 3.63) is 277 Å². The highest BCUT2D eigenvalue weighted by molar-refractivity contribution is 6.11. The monoisotopic (exact) mass is 1130 g/mol. The molecule has 16 rings (SSSR count). The van der Waals surface area contributed by atoms with Gasteiger partial charge in [-0.25, -0.2) is 4.98 Å². The lowest BCUT2D eigenvalue weighted by molar-refractivity contribution is -0.571. The fourth-order valence-corrected chi connectivity index (χ4v) is 12.7. The van der Waals surface area contributed by atoms with Crippen LogP contribution in [0.4, 0.5) is 0 Å². The summed E-state index contributed by atoms with van der Waals surface area (Å²) >= 11 is 0. The van der Waals surface area contributed by atoms with Gasteiger partial charge in [-0.2, -0.15) is 0 Å². The van der Waals surface area contributed by atoms with Gasteiger partial charge in [-0.3, -0.25) is 13.7 Å². The van der Waals surface area contributed by atoms with Crippen molar-refractivity contribution in [3.63, 3.8) is 0 Å². The van der Waals surface area contributed by atoms with Crippen molar-refractivity contribution in [2.75, 3.05) is 0 Å². The van der Waals surface area contributed by atoms with Crippen LogP contribution >= 0.6 is 0 Å². The molecule has 0 unspecified atom stereocenters. The first kappa shape index (κ1) is 34.3. The molecule has 0 spiro atoms. The summed E-state index contributed by atoms with van der Waals surface area (Å²) in [5.74, 6) is 1.38. The van der Waals surface area contributed by atoms with Gasteiger partial charge in [-0.15, -0.1) is 0 Å².